The van der Waals surface area contributed by atoms with E-state index in [1.807, 2.05) is 30.3 Å². The Balaban J connectivity index is 1.64. The summed E-state index contributed by atoms with van der Waals surface area (Å²) in [5.41, 5.74) is 0.854. The van der Waals surface area contributed by atoms with Crippen LogP contribution in [0.1, 0.15) is 18.4 Å². The Labute approximate surface area is 110 Å². The van der Waals surface area contributed by atoms with Crippen LogP contribution in [0.4, 0.5) is 0 Å². The van der Waals surface area contributed by atoms with Crippen LogP contribution >= 0.6 is 0 Å². The first kappa shape index (κ1) is 11.9. The molecule has 19 heavy (non-hydrogen) atoms. The van der Waals surface area contributed by atoms with E-state index < -0.39 is 12.0 Å². The largest absolute Gasteiger partial charge is 0.459 e. The number of Topliss-reactive ketones (excluding diaryl/α,β-unsaturated/α-hetero) is 1. The van der Waals surface area contributed by atoms with E-state index in [1.165, 1.54) is 4.90 Å². The van der Waals surface area contributed by atoms with E-state index in [1.54, 1.807) is 0 Å². The van der Waals surface area contributed by atoms with Crippen molar-refractivity contribution < 1.29 is 19.1 Å². The van der Waals surface area contributed by atoms with E-state index in [0.717, 1.165) is 5.56 Å². The Morgan fingerprint density at radius 1 is 1.21 bits per heavy atom. The zero-order chi connectivity index (χ0) is 13.4. The summed E-state index contributed by atoms with van der Waals surface area (Å²) in [6, 6.07) is 8.12. The fourth-order valence-corrected chi connectivity index (χ4v) is 2.57. The number of fused-ring (bicyclic) bond motifs is 1. The summed E-state index contributed by atoms with van der Waals surface area (Å²) in [7, 11) is 0. The highest BCUT2D eigenvalue weighted by molar-refractivity contribution is 6.10. The molecule has 0 aromatic heterocycles. The lowest BCUT2D eigenvalue weighted by molar-refractivity contribution is -0.162. The van der Waals surface area contributed by atoms with E-state index in [-0.39, 0.29) is 30.8 Å². The second-order valence-electron chi connectivity index (χ2n) is 4.83. The van der Waals surface area contributed by atoms with Gasteiger partial charge in [0, 0.05) is 18.9 Å². The standard InChI is InChI=1S/C14H13NO4/c16-11-6-10-7-12(17)15(10)13(11)14(18)19-8-9-4-2-1-3-5-9/h1-5,10,13H,6-8H2/t10-,13?/m1/s1. The second kappa shape index (κ2) is 4.50. The minimum atomic E-state index is -1.02. The molecule has 98 valence electrons. The van der Waals surface area contributed by atoms with Crippen LogP contribution in [0.15, 0.2) is 30.3 Å². The van der Waals surface area contributed by atoms with Gasteiger partial charge in [0.25, 0.3) is 0 Å². The summed E-state index contributed by atoms with van der Waals surface area (Å²) in [5.74, 6) is -0.976. The summed E-state index contributed by atoms with van der Waals surface area (Å²) >= 11 is 0. The molecule has 1 aromatic rings. The molecule has 2 fully saturated rings. The lowest BCUT2D eigenvalue weighted by atomic mass is 10.0. The highest BCUT2D eigenvalue weighted by Gasteiger charge is 2.54. The molecule has 0 N–H and O–H groups in total. The van der Waals surface area contributed by atoms with Crippen LogP contribution < -0.4 is 0 Å². The molecule has 0 bridgehead atoms. The first-order valence-corrected chi connectivity index (χ1v) is 6.21. The molecule has 2 atom stereocenters. The third kappa shape index (κ3) is 2.01. The molecule has 0 spiro atoms. The minimum Gasteiger partial charge on any atom is -0.459 e. The van der Waals surface area contributed by atoms with Gasteiger partial charge in [0.2, 0.25) is 5.91 Å². The number of esters is 1. The maximum Gasteiger partial charge on any atom is 0.337 e. The predicted molar refractivity (Wildman–Crippen MR) is 64.9 cm³/mol. The van der Waals surface area contributed by atoms with E-state index in [0.29, 0.717) is 6.42 Å². The summed E-state index contributed by atoms with van der Waals surface area (Å²) in [5, 5.41) is 0. The first-order valence-electron chi connectivity index (χ1n) is 6.21. The van der Waals surface area contributed by atoms with Gasteiger partial charge in [-0.1, -0.05) is 30.3 Å². The summed E-state index contributed by atoms with van der Waals surface area (Å²) < 4.78 is 5.13. The van der Waals surface area contributed by atoms with E-state index >= 15 is 0 Å². The molecular weight excluding hydrogens is 246 g/mol. The predicted octanol–water partition coefficient (Wildman–Crippen LogP) is 0.672. The molecule has 2 aliphatic rings. The van der Waals surface area contributed by atoms with Gasteiger partial charge >= 0.3 is 5.97 Å². The fourth-order valence-electron chi connectivity index (χ4n) is 2.57. The van der Waals surface area contributed by atoms with Crippen molar-refractivity contribution >= 4 is 17.7 Å². The summed E-state index contributed by atoms with van der Waals surface area (Å²) in [4.78, 5) is 36.4. The maximum atomic E-state index is 11.9. The van der Waals surface area contributed by atoms with Gasteiger partial charge < -0.3 is 9.64 Å². The Morgan fingerprint density at radius 2 is 1.95 bits per heavy atom. The molecule has 0 saturated carbocycles. The molecular formula is C14H13NO4. The number of ketones is 1. The van der Waals surface area contributed by atoms with Crippen molar-refractivity contribution in [3.05, 3.63) is 35.9 Å². The number of benzene rings is 1. The van der Waals surface area contributed by atoms with Gasteiger partial charge in [0.05, 0.1) is 0 Å². The molecule has 5 nitrogen and oxygen atoms in total. The molecule has 2 saturated heterocycles. The lowest BCUT2D eigenvalue weighted by Crippen LogP contribution is -2.55. The van der Waals surface area contributed by atoms with Crippen molar-refractivity contribution in [2.24, 2.45) is 0 Å². The van der Waals surface area contributed by atoms with Crippen molar-refractivity contribution in [3.63, 3.8) is 0 Å². The van der Waals surface area contributed by atoms with E-state index in [9.17, 15) is 14.4 Å². The second-order valence-corrected chi connectivity index (χ2v) is 4.83. The van der Waals surface area contributed by atoms with Gasteiger partial charge in [-0.3, -0.25) is 9.59 Å². The normalized spacial score (nSPS) is 24.9. The van der Waals surface area contributed by atoms with Crippen molar-refractivity contribution in [1.82, 2.24) is 4.90 Å². The van der Waals surface area contributed by atoms with Gasteiger partial charge in [0.15, 0.2) is 11.8 Å². The topological polar surface area (TPSA) is 63.7 Å². The zero-order valence-electron chi connectivity index (χ0n) is 10.2. The highest BCUT2D eigenvalue weighted by atomic mass is 16.5. The van der Waals surface area contributed by atoms with Crippen LogP contribution in [0.5, 0.6) is 0 Å². The molecule has 1 amide bonds. The summed E-state index contributed by atoms with van der Waals surface area (Å²) in [6.07, 6.45) is 0.644. The van der Waals surface area contributed by atoms with Crippen LogP contribution in [-0.4, -0.2) is 34.6 Å². The third-order valence-corrected chi connectivity index (χ3v) is 3.56. The number of carbonyl (C=O) groups is 3. The fraction of sp³-hybridized carbons (Fsp3) is 0.357. The molecule has 0 radical (unpaired) electrons. The number of rotatable bonds is 3. The molecule has 1 unspecified atom stereocenters. The number of ether oxygens (including phenoxy) is 1. The van der Waals surface area contributed by atoms with Gasteiger partial charge in [-0.15, -0.1) is 0 Å². The number of β-lactam (4-membered cyclic amide) rings is 1. The van der Waals surface area contributed by atoms with Crippen LogP contribution in [-0.2, 0) is 25.7 Å². The van der Waals surface area contributed by atoms with Crippen LogP contribution in [0.25, 0.3) is 0 Å². The Hall–Kier alpha value is -2.17. The Bertz CT molecular complexity index is 540. The third-order valence-electron chi connectivity index (χ3n) is 3.56. The average molecular weight is 259 g/mol. The Morgan fingerprint density at radius 3 is 2.63 bits per heavy atom. The van der Waals surface area contributed by atoms with Gasteiger partial charge in [-0.25, -0.2) is 4.79 Å². The first-order chi connectivity index (χ1) is 9.16. The minimum absolute atomic E-state index is 0.0886. The van der Waals surface area contributed by atoms with Crippen LogP contribution in [0, 0.1) is 0 Å². The van der Waals surface area contributed by atoms with Crippen LogP contribution in [0.3, 0.4) is 0 Å². The molecule has 2 heterocycles. The molecule has 2 aliphatic heterocycles. The molecule has 5 heteroatoms. The highest BCUT2D eigenvalue weighted by Crippen LogP contribution is 2.33. The molecule has 1 aromatic carbocycles. The number of hydrogen-bond acceptors (Lipinski definition) is 4. The van der Waals surface area contributed by atoms with E-state index in [2.05, 4.69) is 0 Å². The Kier molecular flexibility index (Phi) is 2.81. The molecule has 3 rings (SSSR count). The van der Waals surface area contributed by atoms with Crippen molar-refractivity contribution in [3.8, 4) is 0 Å². The van der Waals surface area contributed by atoms with Gasteiger partial charge in [0.1, 0.15) is 6.61 Å². The zero-order valence-corrected chi connectivity index (χ0v) is 10.2. The van der Waals surface area contributed by atoms with Crippen molar-refractivity contribution in [2.75, 3.05) is 0 Å². The average Bonchev–Trinajstić information content (AvgIpc) is 2.68. The number of carbonyl (C=O) groups excluding carboxylic acids is 3. The van der Waals surface area contributed by atoms with Crippen molar-refractivity contribution in [1.29, 1.82) is 0 Å². The number of amides is 1. The van der Waals surface area contributed by atoms with Crippen LogP contribution in [0.2, 0.25) is 0 Å². The SMILES string of the molecule is O=C1C[C@@H]2CC(=O)N2C1C(=O)OCc1ccccc1. The monoisotopic (exact) mass is 259 g/mol. The number of nitrogens with zero attached hydrogens (tertiary/aromatic N) is 1. The van der Waals surface area contributed by atoms with Gasteiger partial charge in [-0.05, 0) is 5.56 Å². The summed E-state index contributed by atoms with van der Waals surface area (Å²) in [6.45, 7) is 0.121. The lowest BCUT2D eigenvalue weighted by Gasteiger charge is -2.36. The van der Waals surface area contributed by atoms with Crippen molar-refractivity contribution in [2.45, 2.75) is 31.5 Å². The van der Waals surface area contributed by atoms with Gasteiger partial charge in [-0.2, -0.15) is 0 Å². The molecule has 0 aliphatic carbocycles. The van der Waals surface area contributed by atoms with E-state index in [4.69, 9.17) is 4.74 Å². The quantitative estimate of drug-likeness (QED) is 0.455. The number of hydrogen-bond donors (Lipinski definition) is 0. The maximum absolute atomic E-state index is 11.9. The smallest absolute Gasteiger partial charge is 0.337 e.